The molecule has 0 amide bonds. The molecule has 0 fully saturated rings. The molecule has 1 aromatic rings. The van der Waals surface area contributed by atoms with Crippen LogP contribution in [-0.4, -0.2) is 30.4 Å². The van der Waals surface area contributed by atoms with Crippen LogP contribution < -0.4 is 5.73 Å². The molecule has 1 heterocycles. The van der Waals surface area contributed by atoms with E-state index in [1.165, 1.54) is 7.11 Å². The molecule has 1 unspecified atom stereocenters. The molecule has 0 saturated carbocycles. The molecule has 2 N–H and O–H groups in total. The highest BCUT2D eigenvalue weighted by molar-refractivity contribution is 5.96. The number of halogens is 1. The van der Waals surface area contributed by atoms with Crippen LogP contribution in [0.15, 0.2) is 35.5 Å². The van der Waals surface area contributed by atoms with Gasteiger partial charge in [0.2, 0.25) is 5.60 Å². The van der Waals surface area contributed by atoms with Crippen molar-refractivity contribution in [2.24, 2.45) is 10.9 Å². The molecular formula is C14H19ClN2O3. The molecular weight excluding hydrogens is 280 g/mol. The number of hydrogen-bond donors (Lipinski definition) is 1. The maximum atomic E-state index is 12.0. The molecule has 0 saturated heterocycles. The highest BCUT2D eigenvalue weighted by atomic mass is 35.5. The molecule has 2 atom stereocenters. The minimum atomic E-state index is -1.08. The van der Waals surface area contributed by atoms with E-state index < -0.39 is 11.6 Å². The molecule has 0 radical (unpaired) electrons. The van der Waals surface area contributed by atoms with E-state index in [4.69, 9.17) is 15.3 Å². The highest BCUT2D eigenvalue weighted by Gasteiger charge is 2.48. The molecule has 0 aromatic heterocycles. The molecule has 6 heteroatoms. The van der Waals surface area contributed by atoms with Gasteiger partial charge in [0.05, 0.1) is 12.8 Å². The first kappa shape index (κ1) is 16.5. The summed E-state index contributed by atoms with van der Waals surface area (Å²) in [6.45, 7) is 1.82. The fraction of sp³-hybridized carbons (Fsp3) is 0.429. The number of nitrogens with two attached hydrogens (primary N) is 1. The third-order valence-electron chi connectivity index (χ3n) is 3.22. The number of carbonyl (C=O) groups excluding carboxylic acids is 1. The first-order valence-electron chi connectivity index (χ1n) is 6.20. The van der Waals surface area contributed by atoms with Gasteiger partial charge < -0.3 is 15.3 Å². The number of rotatable bonds is 4. The van der Waals surface area contributed by atoms with Crippen LogP contribution in [-0.2, 0) is 20.8 Å². The van der Waals surface area contributed by atoms with Crippen LogP contribution in [0.4, 0.5) is 0 Å². The van der Waals surface area contributed by atoms with Crippen LogP contribution >= 0.6 is 12.4 Å². The Morgan fingerprint density at radius 1 is 1.50 bits per heavy atom. The van der Waals surface area contributed by atoms with Crippen molar-refractivity contribution in [1.82, 2.24) is 0 Å². The van der Waals surface area contributed by atoms with Crippen molar-refractivity contribution in [2.45, 2.75) is 31.4 Å². The quantitative estimate of drug-likeness (QED) is 0.858. The molecule has 20 heavy (non-hydrogen) atoms. The van der Waals surface area contributed by atoms with E-state index >= 15 is 0 Å². The molecule has 1 aliphatic heterocycles. The number of oxime groups is 1. The largest absolute Gasteiger partial charge is 0.466 e. The van der Waals surface area contributed by atoms with Gasteiger partial charge in [-0.05, 0) is 12.5 Å². The van der Waals surface area contributed by atoms with Gasteiger partial charge in [0.1, 0.15) is 0 Å². The summed E-state index contributed by atoms with van der Waals surface area (Å²) >= 11 is 0. The van der Waals surface area contributed by atoms with Gasteiger partial charge in [0, 0.05) is 18.9 Å². The summed E-state index contributed by atoms with van der Waals surface area (Å²) < 4.78 is 4.86. The number of esters is 1. The maximum absolute atomic E-state index is 12.0. The summed E-state index contributed by atoms with van der Waals surface area (Å²) in [5.74, 6) is -0.421. The molecule has 110 valence electrons. The second-order valence-electron chi connectivity index (χ2n) is 4.79. The maximum Gasteiger partial charge on any atom is 0.353 e. The predicted molar refractivity (Wildman–Crippen MR) is 78.9 cm³/mol. The van der Waals surface area contributed by atoms with Crippen molar-refractivity contribution in [3.8, 4) is 0 Å². The smallest absolute Gasteiger partial charge is 0.353 e. The Kier molecular flexibility index (Phi) is 5.53. The lowest BCUT2D eigenvalue weighted by Gasteiger charge is -2.23. The topological polar surface area (TPSA) is 73.9 Å². The van der Waals surface area contributed by atoms with Gasteiger partial charge >= 0.3 is 5.97 Å². The van der Waals surface area contributed by atoms with E-state index in [0.29, 0.717) is 18.6 Å². The fourth-order valence-corrected chi connectivity index (χ4v) is 2.14. The standard InChI is InChI=1S/C14H18N2O3.ClH/c1-10(15)12-9-14(19-16-12,13(17)18-2)8-11-6-4-3-5-7-11;/h3-7,10H,8-9,15H2,1-2H3;1H/t10-,14?;/m0./s1. The Labute approximate surface area is 124 Å². The molecule has 5 nitrogen and oxygen atoms in total. The lowest BCUT2D eigenvalue weighted by Crippen LogP contribution is -2.43. The molecule has 2 rings (SSSR count). The Bertz CT molecular complexity index is 490. The van der Waals surface area contributed by atoms with Crippen molar-refractivity contribution in [3.63, 3.8) is 0 Å². The van der Waals surface area contributed by atoms with Gasteiger partial charge in [-0.25, -0.2) is 4.79 Å². The summed E-state index contributed by atoms with van der Waals surface area (Å²) in [6.07, 6.45) is 0.784. The number of hydrogen-bond acceptors (Lipinski definition) is 5. The molecule has 0 bridgehead atoms. The fourth-order valence-electron chi connectivity index (χ4n) is 2.14. The highest BCUT2D eigenvalue weighted by Crippen LogP contribution is 2.30. The average Bonchev–Trinajstić information content (AvgIpc) is 2.84. The SMILES string of the molecule is COC(=O)C1(Cc2ccccc2)CC([C@H](C)N)=NO1.Cl. The minimum absolute atomic E-state index is 0. The molecule has 1 aliphatic rings. The Hall–Kier alpha value is -1.59. The zero-order chi connectivity index (χ0) is 13.9. The zero-order valence-corrected chi connectivity index (χ0v) is 12.4. The van der Waals surface area contributed by atoms with Crippen LogP contribution in [0, 0.1) is 0 Å². The van der Waals surface area contributed by atoms with Gasteiger partial charge in [-0.1, -0.05) is 35.5 Å². The van der Waals surface area contributed by atoms with Gasteiger partial charge in [-0.3, -0.25) is 0 Å². The number of nitrogens with zero attached hydrogens (tertiary/aromatic N) is 1. The number of ether oxygens (including phenoxy) is 1. The number of carbonyl (C=O) groups is 1. The van der Waals surface area contributed by atoms with E-state index in [1.54, 1.807) is 0 Å². The van der Waals surface area contributed by atoms with Crippen LogP contribution in [0.3, 0.4) is 0 Å². The van der Waals surface area contributed by atoms with E-state index in [9.17, 15) is 4.79 Å². The summed E-state index contributed by atoms with van der Waals surface area (Å²) in [6, 6.07) is 9.41. The normalized spacial score (nSPS) is 22.2. The van der Waals surface area contributed by atoms with Crippen molar-refractivity contribution in [1.29, 1.82) is 0 Å². The van der Waals surface area contributed by atoms with Crippen LogP contribution in [0.2, 0.25) is 0 Å². The Morgan fingerprint density at radius 2 is 2.15 bits per heavy atom. The number of methoxy groups -OCH3 is 1. The second-order valence-corrected chi connectivity index (χ2v) is 4.79. The Balaban J connectivity index is 0.00000200. The van der Waals surface area contributed by atoms with Gasteiger partial charge in [0.15, 0.2) is 0 Å². The van der Waals surface area contributed by atoms with Crippen molar-refractivity contribution in [3.05, 3.63) is 35.9 Å². The molecule has 0 aliphatic carbocycles. The van der Waals surface area contributed by atoms with E-state index in [1.807, 2.05) is 37.3 Å². The molecule has 0 spiro atoms. The second kappa shape index (κ2) is 6.72. The van der Waals surface area contributed by atoms with Crippen LogP contribution in [0.25, 0.3) is 0 Å². The lowest BCUT2D eigenvalue weighted by atomic mass is 9.88. The average molecular weight is 299 g/mol. The van der Waals surface area contributed by atoms with E-state index in [2.05, 4.69) is 5.16 Å². The lowest BCUT2D eigenvalue weighted by molar-refractivity contribution is -0.166. The van der Waals surface area contributed by atoms with E-state index in [0.717, 1.165) is 5.56 Å². The Morgan fingerprint density at radius 3 is 2.65 bits per heavy atom. The van der Waals surface area contributed by atoms with Crippen molar-refractivity contribution in [2.75, 3.05) is 7.11 Å². The minimum Gasteiger partial charge on any atom is -0.466 e. The third-order valence-corrected chi connectivity index (χ3v) is 3.22. The van der Waals surface area contributed by atoms with Gasteiger partial charge in [-0.15, -0.1) is 12.4 Å². The van der Waals surface area contributed by atoms with E-state index in [-0.39, 0.29) is 18.4 Å². The summed E-state index contributed by atoms with van der Waals surface area (Å²) in [4.78, 5) is 17.5. The third kappa shape index (κ3) is 3.29. The van der Waals surface area contributed by atoms with Crippen LogP contribution in [0.5, 0.6) is 0 Å². The summed E-state index contributed by atoms with van der Waals surface area (Å²) in [7, 11) is 1.35. The summed E-state index contributed by atoms with van der Waals surface area (Å²) in [5, 5.41) is 3.94. The zero-order valence-electron chi connectivity index (χ0n) is 11.5. The monoisotopic (exact) mass is 298 g/mol. The van der Waals surface area contributed by atoms with Crippen molar-refractivity contribution >= 4 is 24.1 Å². The number of benzene rings is 1. The van der Waals surface area contributed by atoms with Crippen LogP contribution in [0.1, 0.15) is 18.9 Å². The van der Waals surface area contributed by atoms with Gasteiger partial charge in [-0.2, -0.15) is 0 Å². The first-order valence-corrected chi connectivity index (χ1v) is 6.20. The molecule has 1 aromatic carbocycles. The van der Waals surface area contributed by atoms with Gasteiger partial charge in [0.25, 0.3) is 0 Å². The first-order chi connectivity index (χ1) is 9.07. The predicted octanol–water partition coefficient (Wildman–Crippen LogP) is 1.69. The van der Waals surface area contributed by atoms with Crippen molar-refractivity contribution < 1.29 is 14.4 Å². The summed E-state index contributed by atoms with van der Waals surface area (Å²) in [5.41, 5.74) is 6.38.